The molecule has 0 spiro atoms. The van der Waals surface area contributed by atoms with Gasteiger partial charge in [-0.2, -0.15) is 0 Å². The van der Waals surface area contributed by atoms with Gasteiger partial charge in [-0.05, 0) is 6.54 Å². The lowest BCUT2D eigenvalue weighted by molar-refractivity contribution is -0.00875. The minimum absolute atomic E-state index is 0.0703. The van der Waals surface area contributed by atoms with Crippen molar-refractivity contribution in [2.45, 2.75) is 25.7 Å². The van der Waals surface area contributed by atoms with Crippen LogP contribution in [-0.4, -0.2) is 12.5 Å². The van der Waals surface area contributed by atoms with E-state index in [1.54, 1.807) is 0 Å². The number of halogens is 2. The van der Waals surface area contributed by atoms with E-state index in [4.69, 9.17) is 5.73 Å². The fourth-order valence-electron chi connectivity index (χ4n) is 0.388. The Morgan fingerprint density at radius 3 is 2.12 bits per heavy atom. The standard InChI is InChI=1S/C5H11F2N/c1-2-5(6,7)3-4-8/h2-4,8H2,1H3. The predicted octanol–water partition coefficient (Wildman–Crippen LogP) is 1.38. The maximum atomic E-state index is 12.1. The highest BCUT2D eigenvalue weighted by Gasteiger charge is 2.23. The van der Waals surface area contributed by atoms with Gasteiger partial charge in [0.1, 0.15) is 0 Å². The summed E-state index contributed by atoms with van der Waals surface area (Å²) in [7, 11) is 0. The van der Waals surface area contributed by atoms with Gasteiger partial charge in [0.2, 0.25) is 5.92 Å². The minimum atomic E-state index is -2.53. The maximum absolute atomic E-state index is 12.1. The molecule has 0 amide bonds. The third-order valence-corrected chi connectivity index (χ3v) is 1.03. The summed E-state index contributed by atoms with van der Waals surface area (Å²) in [6, 6.07) is 0. The summed E-state index contributed by atoms with van der Waals surface area (Å²) in [6.45, 7) is 1.52. The monoisotopic (exact) mass is 123 g/mol. The molecule has 8 heavy (non-hydrogen) atoms. The van der Waals surface area contributed by atoms with Crippen LogP contribution in [0.15, 0.2) is 0 Å². The molecule has 0 bridgehead atoms. The van der Waals surface area contributed by atoms with Crippen LogP contribution in [-0.2, 0) is 0 Å². The first-order chi connectivity index (χ1) is 3.62. The van der Waals surface area contributed by atoms with Crippen molar-refractivity contribution >= 4 is 0 Å². The Labute approximate surface area is 47.9 Å². The zero-order valence-electron chi connectivity index (χ0n) is 4.95. The lowest BCUT2D eigenvalue weighted by Gasteiger charge is -2.10. The third kappa shape index (κ3) is 2.91. The second kappa shape index (κ2) is 2.97. The number of alkyl halides is 2. The Balaban J connectivity index is 3.37. The molecule has 0 aliphatic rings. The summed E-state index contributed by atoms with van der Waals surface area (Å²) in [4.78, 5) is 0. The largest absolute Gasteiger partial charge is 0.330 e. The maximum Gasteiger partial charge on any atom is 0.249 e. The Kier molecular flexibility index (Phi) is 2.90. The topological polar surface area (TPSA) is 26.0 Å². The quantitative estimate of drug-likeness (QED) is 0.602. The van der Waals surface area contributed by atoms with Crippen LogP contribution in [0.4, 0.5) is 8.78 Å². The average molecular weight is 123 g/mol. The van der Waals surface area contributed by atoms with Crippen molar-refractivity contribution in [3.63, 3.8) is 0 Å². The van der Waals surface area contributed by atoms with E-state index >= 15 is 0 Å². The second-order valence-corrected chi connectivity index (χ2v) is 1.75. The van der Waals surface area contributed by atoms with E-state index in [-0.39, 0.29) is 19.4 Å². The highest BCUT2D eigenvalue weighted by Crippen LogP contribution is 2.20. The molecule has 3 heteroatoms. The van der Waals surface area contributed by atoms with Gasteiger partial charge in [-0.25, -0.2) is 8.78 Å². The van der Waals surface area contributed by atoms with E-state index in [9.17, 15) is 8.78 Å². The molecule has 0 saturated heterocycles. The zero-order valence-corrected chi connectivity index (χ0v) is 4.95. The molecule has 0 unspecified atom stereocenters. The van der Waals surface area contributed by atoms with Gasteiger partial charge >= 0.3 is 0 Å². The first kappa shape index (κ1) is 7.82. The van der Waals surface area contributed by atoms with E-state index in [1.165, 1.54) is 6.92 Å². The fourth-order valence-corrected chi connectivity index (χ4v) is 0.388. The Hall–Kier alpha value is -0.180. The van der Waals surface area contributed by atoms with E-state index in [2.05, 4.69) is 0 Å². The van der Waals surface area contributed by atoms with Gasteiger partial charge in [-0.15, -0.1) is 0 Å². The van der Waals surface area contributed by atoms with Crippen molar-refractivity contribution in [3.8, 4) is 0 Å². The van der Waals surface area contributed by atoms with Crippen molar-refractivity contribution in [2.75, 3.05) is 6.54 Å². The minimum Gasteiger partial charge on any atom is -0.330 e. The summed E-state index contributed by atoms with van der Waals surface area (Å²) in [5.74, 6) is -2.53. The first-order valence-corrected chi connectivity index (χ1v) is 2.70. The molecule has 0 rings (SSSR count). The van der Waals surface area contributed by atoms with Crippen LogP contribution in [0.5, 0.6) is 0 Å². The van der Waals surface area contributed by atoms with Crippen LogP contribution in [0.2, 0.25) is 0 Å². The van der Waals surface area contributed by atoms with Crippen molar-refractivity contribution in [2.24, 2.45) is 5.73 Å². The van der Waals surface area contributed by atoms with Gasteiger partial charge in [0.25, 0.3) is 0 Å². The van der Waals surface area contributed by atoms with E-state index in [0.717, 1.165) is 0 Å². The highest BCUT2D eigenvalue weighted by atomic mass is 19.3. The molecular weight excluding hydrogens is 112 g/mol. The Morgan fingerprint density at radius 1 is 1.50 bits per heavy atom. The molecule has 0 aromatic rings. The summed E-state index contributed by atoms with van der Waals surface area (Å²) >= 11 is 0. The van der Waals surface area contributed by atoms with Crippen LogP contribution >= 0.6 is 0 Å². The highest BCUT2D eigenvalue weighted by molar-refractivity contribution is 4.62. The molecule has 0 atom stereocenters. The molecule has 0 aromatic carbocycles. The third-order valence-electron chi connectivity index (χ3n) is 1.03. The number of nitrogens with two attached hydrogens (primary N) is 1. The zero-order chi connectivity index (χ0) is 6.62. The molecule has 0 fully saturated rings. The van der Waals surface area contributed by atoms with Gasteiger partial charge in [0, 0.05) is 12.8 Å². The van der Waals surface area contributed by atoms with Gasteiger partial charge in [-0.1, -0.05) is 6.92 Å². The van der Waals surface area contributed by atoms with Gasteiger partial charge in [-0.3, -0.25) is 0 Å². The van der Waals surface area contributed by atoms with Crippen molar-refractivity contribution in [1.29, 1.82) is 0 Å². The SMILES string of the molecule is CCC(F)(F)CCN. The molecule has 1 nitrogen and oxygen atoms in total. The average Bonchev–Trinajstić information content (AvgIpc) is 1.67. The van der Waals surface area contributed by atoms with Crippen molar-refractivity contribution in [3.05, 3.63) is 0 Å². The lowest BCUT2D eigenvalue weighted by atomic mass is 10.2. The van der Waals surface area contributed by atoms with Crippen LogP contribution in [0.1, 0.15) is 19.8 Å². The number of hydrogen-bond donors (Lipinski definition) is 1. The molecule has 0 aromatic heterocycles. The Morgan fingerprint density at radius 2 is 2.00 bits per heavy atom. The summed E-state index contributed by atoms with van der Waals surface area (Å²) < 4.78 is 24.1. The molecule has 0 radical (unpaired) electrons. The van der Waals surface area contributed by atoms with E-state index < -0.39 is 5.92 Å². The van der Waals surface area contributed by atoms with Gasteiger partial charge in [0.05, 0.1) is 0 Å². The smallest absolute Gasteiger partial charge is 0.249 e. The molecular formula is C5H11F2N. The first-order valence-electron chi connectivity index (χ1n) is 2.70. The van der Waals surface area contributed by atoms with Gasteiger partial charge in [0.15, 0.2) is 0 Å². The second-order valence-electron chi connectivity index (χ2n) is 1.75. The molecule has 2 N–H and O–H groups in total. The van der Waals surface area contributed by atoms with Crippen LogP contribution < -0.4 is 5.73 Å². The molecule has 0 aliphatic carbocycles. The van der Waals surface area contributed by atoms with Crippen LogP contribution in [0.25, 0.3) is 0 Å². The summed E-state index contributed by atoms with van der Waals surface area (Å²) in [5.41, 5.74) is 4.91. The molecule has 0 heterocycles. The van der Waals surface area contributed by atoms with Crippen LogP contribution in [0.3, 0.4) is 0 Å². The van der Waals surface area contributed by atoms with Crippen LogP contribution in [0, 0.1) is 0 Å². The van der Waals surface area contributed by atoms with Gasteiger partial charge < -0.3 is 5.73 Å². The van der Waals surface area contributed by atoms with E-state index in [0.29, 0.717) is 0 Å². The molecule has 0 saturated carbocycles. The Bertz CT molecular complexity index is 63.4. The molecule has 0 aliphatic heterocycles. The predicted molar refractivity (Wildman–Crippen MR) is 28.9 cm³/mol. The normalized spacial score (nSPS) is 12.0. The number of rotatable bonds is 3. The van der Waals surface area contributed by atoms with Crippen molar-refractivity contribution < 1.29 is 8.78 Å². The van der Waals surface area contributed by atoms with Crippen molar-refractivity contribution in [1.82, 2.24) is 0 Å². The fraction of sp³-hybridized carbons (Fsp3) is 1.00. The summed E-state index contributed by atoms with van der Waals surface area (Å²) in [5, 5.41) is 0. The number of hydrogen-bond acceptors (Lipinski definition) is 1. The summed E-state index contributed by atoms with van der Waals surface area (Å²) in [6.07, 6.45) is -0.298. The van der Waals surface area contributed by atoms with E-state index in [1.807, 2.05) is 0 Å². The molecule has 50 valence electrons. The lowest BCUT2D eigenvalue weighted by Crippen LogP contribution is -2.19.